The summed E-state index contributed by atoms with van der Waals surface area (Å²) >= 11 is 5.91. The monoisotopic (exact) mass is 308 g/mol. The molecule has 1 aromatic carbocycles. The van der Waals surface area contributed by atoms with Crippen molar-refractivity contribution in [2.75, 3.05) is 24.7 Å². The fraction of sp³-hybridized carbons (Fsp3) is 0.154. The number of nitriles is 1. The lowest BCUT2D eigenvalue weighted by atomic mass is 10.2. The number of hydrogen-bond acceptors (Lipinski definition) is 6. The zero-order valence-electron chi connectivity index (χ0n) is 11.1. The van der Waals surface area contributed by atoms with Crippen LogP contribution >= 0.6 is 11.6 Å². The number of methoxy groups -OCH3 is 1. The Labute approximate surface area is 126 Å². The van der Waals surface area contributed by atoms with Gasteiger partial charge >= 0.3 is 5.97 Å². The third-order valence-electron chi connectivity index (χ3n) is 2.33. The molecule has 1 amide bonds. The van der Waals surface area contributed by atoms with Crippen molar-refractivity contribution in [1.82, 2.24) is 5.32 Å². The predicted molar refractivity (Wildman–Crippen MR) is 78.2 cm³/mol. The highest BCUT2D eigenvalue weighted by Gasteiger charge is 2.11. The standard InChI is InChI=1S/C13H13ClN4O3/c1-21-12(19)7-17-6-8(5-15)13(20)18-11-3-2-9(16)4-10(11)14/h2-4,6,17H,7,16H2,1H3,(H,18,20)/b8-6-. The number of nitrogens with two attached hydrogens (primary N) is 1. The van der Waals surface area contributed by atoms with Gasteiger partial charge in [0.15, 0.2) is 0 Å². The van der Waals surface area contributed by atoms with Crippen molar-refractivity contribution in [2.24, 2.45) is 0 Å². The second-order valence-corrected chi connectivity index (χ2v) is 4.23. The zero-order chi connectivity index (χ0) is 15.8. The van der Waals surface area contributed by atoms with Gasteiger partial charge in [-0.05, 0) is 18.2 Å². The molecule has 0 aliphatic rings. The van der Waals surface area contributed by atoms with Gasteiger partial charge in [0.25, 0.3) is 5.91 Å². The van der Waals surface area contributed by atoms with Gasteiger partial charge < -0.3 is 21.1 Å². The van der Waals surface area contributed by atoms with Gasteiger partial charge in [0, 0.05) is 11.9 Å². The molecule has 1 rings (SSSR count). The molecule has 0 aromatic heterocycles. The minimum absolute atomic E-state index is 0.155. The first kappa shape index (κ1) is 16.3. The number of carbonyl (C=O) groups is 2. The minimum atomic E-state index is -0.665. The highest BCUT2D eigenvalue weighted by atomic mass is 35.5. The molecule has 110 valence electrons. The molecule has 1 aromatic rings. The zero-order valence-corrected chi connectivity index (χ0v) is 11.9. The fourth-order valence-corrected chi connectivity index (χ4v) is 1.52. The van der Waals surface area contributed by atoms with E-state index in [1.807, 2.05) is 0 Å². The van der Waals surface area contributed by atoms with Crippen LogP contribution in [0.25, 0.3) is 0 Å². The van der Waals surface area contributed by atoms with E-state index < -0.39 is 11.9 Å². The maximum absolute atomic E-state index is 11.9. The van der Waals surface area contributed by atoms with E-state index in [2.05, 4.69) is 15.4 Å². The summed E-state index contributed by atoms with van der Waals surface area (Å²) in [6, 6.07) is 6.27. The average molecular weight is 309 g/mol. The van der Waals surface area contributed by atoms with Crippen LogP contribution in [0.2, 0.25) is 5.02 Å². The molecule has 8 heteroatoms. The average Bonchev–Trinajstić information content (AvgIpc) is 2.46. The first-order chi connectivity index (χ1) is 9.97. The maximum Gasteiger partial charge on any atom is 0.325 e. The van der Waals surface area contributed by atoms with Crippen molar-refractivity contribution in [3.63, 3.8) is 0 Å². The number of esters is 1. The summed E-state index contributed by atoms with van der Waals surface area (Å²) in [5, 5.41) is 14.1. The Morgan fingerprint density at radius 1 is 1.52 bits per heavy atom. The van der Waals surface area contributed by atoms with Gasteiger partial charge in [-0.15, -0.1) is 0 Å². The van der Waals surface area contributed by atoms with E-state index in [9.17, 15) is 9.59 Å². The van der Waals surface area contributed by atoms with Crippen LogP contribution in [0.15, 0.2) is 30.0 Å². The van der Waals surface area contributed by atoms with Crippen LogP contribution in [0, 0.1) is 11.3 Å². The molecular formula is C13H13ClN4O3. The number of rotatable bonds is 5. The van der Waals surface area contributed by atoms with E-state index in [0.717, 1.165) is 6.20 Å². The number of anilines is 2. The molecule has 0 saturated heterocycles. The Balaban J connectivity index is 2.73. The molecule has 0 aliphatic heterocycles. The Morgan fingerprint density at radius 2 is 2.24 bits per heavy atom. The summed E-state index contributed by atoms with van der Waals surface area (Å²) in [5.74, 6) is -1.19. The van der Waals surface area contributed by atoms with Gasteiger partial charge in [0.05, 0.1) is 17.8 Å². The van der Waals surface area contributed by atoms with Crippen LogP contribution in [0.5, 0.6) is 0 Å². The van der Waals surface area contributed by atoms with E-state index in [1.165, 1.54) is 19.2 Å². The number of amides is 1. The van der Waals surface area contributed by atoms with Gasteiger partial charge in [-0.25, -0.2) is 0 Å². The van der Waals surface area contributed by atoms with Crippen molar-refractivity contribution in [2.45, 2.75) is 0 Å². The summed E-state index contributed by atoms with van der Waals surface area (Å²) in [6.45, 7) is -0.155. The minimum Gasteiger partial charge on any atom is -0.468 e. The smallest absolute Gasteiger partial charge is 0.325 e. The SMILES string of the molecule is COC(=O)CN/C=C(/C#N)C(=O)Nc1ccc(N)cc1Cl. The number of hydrogen-bond donors (Lipinski definition) is 3. The topological polar surface area (TPSA) is 117 Å². The number of benzene rings is 1. The van der Waals surface area contributed by atoms with E-state index >= 15 is 0 Å². The number of halogens is 1. The van der Waals surface area contributed by atoms with Crippen LogP contribution in [0.3, 0.4) is 0 Å². The van der Waals surface area contributed by atoms with Gasteiger partial charge in [-0.2, -0.15) is 5.26 Å². The molecule has 0 atom stereocenters. The fourth-order valence-electron chi connectivity index (χ4n) is 1.28. The molecule has 0 saturated carbocycles. The molecule has 0 fully saturated rings. The lowest BCUT2D eigenvalue weighted by Crippen LogP contribution is -2.22. The third kappa shape index (κ3) is 5.04. The number of nitrogens with one attached hydrogen (secondary N) is 2. The summed E-state index contributed by atoms with van der Waals surface area (Å²) < 4.78 is 4.41. The lowest BCUT2D eigenvalue weighted by Gasteiger charge is -2.07. The quantitative estimate of drug-likeness (QED) is 0.324. The summed E-state index contributed by atoms with van der Waals surface area (Å²) in [7, 11) is 1.23. The highest BCUT2D eigenvalue weighted by molar-refractivity contribution is 6.34. The van der Waals surface area contributed by atoms with Crippen molar-refractivity contribution in [3.05, 3.63) is 35.0 Å². The maximum atomic E-state index is 11.9. The summed E-state index contributed by atoms with van der Waals surface area (Å²) in [5.41, 5.74) is 6.10. The molecule has 7 nitrogen and oxygen atoms in total. The largest absolute Gasteiger partial charge is 0.468 e. The van der Waals surface area contributed by atoms with Gasteiger partial charge in [-0.3, -0.25) is 9.59 Å². The number of ether oxygens (including phenoxy) is 1. The lowest BCUT2D eigenvalue weighted by molar-refractivity contribution is -0.139. The number of nitrogen functional groups attached to an aromatic ring is 1. The highest BCUT2D eigenvalue weighted by Crippen LogP contribution is 2.24. The van der Waals surface area contributed by atoms with Crippen molar-refractivity contribution < 1.29 is 14.3 Å². The van der Waals surface area contributed by atoms with Crippen LogP contribution in [0.1, 0.15) is 0 Å². The normalized spacial score (nSPS) is 10.4. The number of carbonyl (C=O) groups excluding carboxylic acids is 2. The van der Waals surface area contributed by atoms with Gasteiger partial charge in [-0.1, -0.05) is 11.6 Å². The van der Waals surface area contributed by atoms with E-state index in [1.54, 1.807) is 12.1 Å². The van der Waals surface area contributed by atoms with E-state index in [4.69, 9.17) is 22.6 Å². The first-order valence-corrected chi connectivity index (χ1v) is 6.12. The third-order valence-corrected chi connectivity index (χ3v) is 2.64. The molecule has 0 heterocycles. The van der Waals surface area contributed by atoms with Gasteiger partial charge in [0.2, 0.25) is 0 Å². The Morgan fingerprint density at radius 3 is 2.81 bits per heavy atom. The second-order valence-electron chi connectivity index (χ2n) is 3.82. The summed E-state index contributed by atoms with van der Waals surface area (Å²) in [6.07, 6.45) is 1.12. The van der Waals surface area contributed by atoms with Crippen LogP contribution in [-0.2, 0) is 14.3 Å². The Kier molecular flexibility index (Phi) is 6.04. The van der Waals surface area contributed by atoms with E-state index in [0.29, 0.717) is 11.4 Å². The van der Waals surface area contributed by atoms with Crippen LogP contribution < -0.4 is 16.4 Å². The van der Waals surface area contributed by atoms with E-state index in [-0.39, 0.29) is 17.1 Å². The second kappa shape index (κ2) is 7.77. The molecule has 0 aliphatic carbocycles. The molecule has 0 bridgehead atoms. The Hall–Kier alpha value is -2.72. The first-order valence-electron chi connectivity index (χ1n) is 5.74. The molecule has 0 unspecified atom stereocenters. The molecule has 0 radical (unpaired) electrons. The van der Waals surface area contributed by atoms with Crippen molar-refractivity contribution in [3.8, 4) is 6.07 Å². The van der Waals surface area contributed by atoms with Crippen LogP contribution in [-0.4, -0.2) is 25.5 Å². The van der Waals surface area contributed by atoms with Gasteiger partial charge in [0.1, 0.15) is 18.2 Å². The predicted octanol–water partition coefficient (Wildman–Crippen LogP) is 1.03. The number of nitrogens with zero attached hydrogens (tertiary/aromatic N) is 1. The van der Waals surface area contributed by atoms with Crippen molar-refractivity contribution >= 4 is 34.9 Å². The molecular weight excluding hydrogens is 296 g/mol. The summed E-state index contributed by atoms with van der Waals surface area (Å²) in [4.78, 5) is 22.8. The van der Waals surface area contributed by atoms with Crippen molar-refractivity contribution in [1.29, 1.82) is 5.26 Å². The molecule has 4 N–H and O–H groups in total. The van der Waals surface area contributed by atoms with Crippen LogP contribution in [0.4, 0.5) is 11.4 Å². The Bertz CT molecular complexity index is 622. The molecule has 0 spiro atoms. The molecule has 21 heavy (non-hydrogen) atoms.